The van der Waals surface area contributed by atoms with Gasteiger partial charge in [0, 0.05) is 0 Å². The van der Waals surface area contributed by atoms with Gasteiger partial charge in [-0.2, -0.15) is 26.3 Å². The largest absolute Gasteiger partial charge is 0.394 e. The van der Waals surface area contributed by atoms with E-state index in [4.69, 9.17) is 5.11 Å². The van der Waals surface area contributed by atoms with E-state index >= 15 is 0 Å². The molecule has 0 aromatic heterocycles. The van der Waals surface area contributed by atoms with Crippen LogP contribution in [0.4, 0.5) is 26.3 Å². The van der Waals surface area contributed by atoms with Crippen LogP contribution in [0.25, 0.3) is 0 Å². The monoisotopic (exact) mass is 250 g/mol. The molecule has 1 N–H and O–H groups in total. The maximum Gasteiger partial charge on any atom is 0.394 e. The summed E-state index contributed by atoms with van der Waals surface area (Å²) in [5.41, 5.74) is 0. The van der Waals surface area contributed by atoms with E-state index in [2.05, 4.69) is 0 Å². The van der Waals surface area contributed by atoms with Crippen molar-refractivity contribution >= 4 is 0 Å². The van der Waals surface area contributed by atoms with Crippen molar-refractivity contribution in [3.63, 3.8) is 0 Å². The Kier molecular flexibility index (Phi) is 3.47. The molecule has 1 saturated carbocycles. The van der Waals surface area contributed by atoms with E-state index in [9.17, 15) is 26.3 Å². The van der Waals surface area contributed by atoms with Crippen LogP contribution in [0.3, 0.4) is 0 Å². The molecular weight excluding hydrogens is 238 g/mol. The van der Waals surface area contributed by atoms with Crippen LogP contribution in [-0.2, 0) is 0 Å². The summed E-state index contributed by atoms with van der Waals surface area (Å²) < 4.78 is 75.1. The zero-order chi connectivity index (χ0) is 12.7. The molecule has 0 bridgehead atoms. The fourth-order valence-electron chi connectivity index (χ4n) is 2.33. The standard InChI is InChI=1S/C9H12F6O/c1-4-2-3-5(16)7(9(13,14)15)6(4)8(10,11)12/h4-7,16H,2-3H2,1H3. The van der Waals surface area contributed by atoms with Crippen LogP contribution in [0.1, 0.15) is 19.8 Å². The number of rotatable bonds is 0. The molecule has 1 rings (SSSR count). The van der Waals surface area contributed by atoms with Gasteiger partial charge in [0.25, 0.3) is 0 Å². The van der Waals surface area contributed by atoms with Crippen LogP contribution < -0.4 is 0 Å². The first-order valence-electron chi connectivity index (χ1n) is 4.86. The maximum absolute atomic E-state index is 12.5. The second-order valence-corrected chi connectivity index (χ2v) is 4.26. The van der Waals surface area contributed by atoms with Crippen molar-refractivity contribution < 1.29 is 31.4 Å². The van der Waals surface area contributed by atoms with Crippen molar-refractivity contribution in [1.82, 2.24) is 0 Å². The zero-order valence-corrected chi connectivity index (χ0v) is 8.44. The van der Waals surface area contributed by atoms with Gasteiger partial charge in [0.1, 0.15) is 0 Å². The fourth-order valence-corrected chi connectivity index (χ4v) is 2.33. The minimum atomic E-state index is -5.02. The van der Waals surface area contributed by atoms with Crippen LogP contribution in [0, 0.1) is 17.8 Å². The lowest BCUT2D eigenvalue weighted by Gasteiger charge is -2.41. The van der Waals surface area contributed by atoms with Gasteiger partial charge >= 0.3 is 12.4 Å². The van der Waals surface area contributed by atoms with Crippen LogP contribution in [0.2, 0.25) is 0 Å². The first-order valence-corrected chi connectivity index (χ1v) is 4.86. The summed E-state index contributed by atoms with van der Waals surface area (Å²) in [5, 5.41) is 9.14. The number of hydrogen-bond acceptors (Lipinski definition) is 1. The Morgan fingerprint density at radius 1 is 0.875 bits per heavy atom. The second kappa shape index (κ2) is 4.09. The lowest BCUT2D eigenvalue weighted by molar-refractivity contribution is -0.292. The fraction of sp³-hybridized carbons (Fsp3) is 1.00. The molecule has 1 nitrogen and oxygen atoms in total. The lowest BCUT2D eigenvalue weighted by atomic mass is 9.70. The summed E-state index contributed by atoms with van der Waals surface area (Å²) in [6.07, 6.45) is -12.2. The molecule has 0 radical (unpaired) electrons. The van der Waals surface area contributed by atoms with Gasteiger partial charge in [-0.05, 0) is 18.8 Å². The van der Waals surface area contributed by atoms with Gasteiger partial charge in [0.15, 0.2) is 0 Å². The van der Waals surface area contributed by atoms with E-state index in [1.165, 1.54) is 0 Å². The number of alkyl halides is 6. The summed E-state index contributed by atoms with van der Waals surface area (Å²) in [5.74, 6) is -6.32. The van der Waals surface area contributed by atoms with Crippen LogP contribution in [0.15, 0.2) is 0 Å². The van der Waals surface area contributed by atoms with E-state index in [1.54, 1.807) is 0 Å². The highest BCUT2D eigenvalue weighted by molar-refractivity contribution is 4.93. The highest BCUT2D eigenvalue weighted by atomic mass is 19.4. The Balaban J connectivity index is 3.05. The smallest absolute Gasteiger partial charge is 0.392 e. The molecule has 96 valence electrons. The molecule has 0 spiro atoms. The zero-order valence-electron chi connectivity index (χ0n) is 8.44. The highest BCUT2D eigenvalue weighted by Gasteiger charge is 2.61. The van der Waals surface area contributed by atoms with Crippen LogP contribution in [-0.4, -0.2) is 23.6 Å². The average molecular weight is 250 g/mol. The number of halogens is 6. The second-order valence-electron chi connectivity index (χ2n) is 4.26. The van der Waals surface area contributed by atoms with Gasteiger partial charge in [0.05, 0.1) is 17.9 Å². The van der Waals surface area contributed by atoms with Crippen LogP contribution in [0.5, 0.6) is 0 Å². The Labute approximate surface area is 88.4 Å². The topological polar surface area (TPSA) is 20.2 Å². The van der Waals surface area contributed by atoms with Crippen molar-refractivity contribution in [2.75, 3.05) is 0 Å². The van der Waals surface area contributed by atoms with Crippen molar-refractivity contribution in [2.45, 2.75) is 38.2 Å². The summed E-state index contributed by atoms with van der Waals surface area (Å²) in [6.45, 7) is 1.14. The number of hydrogen-bond donors (Lipinski definition) is 1. The van der Waals surface area contributed by atoms with Crippen molar-refractivity contribution in [3.8, 4) is 0 Å². The predicted molar refractivity (Wildman–Crippen MR) is 43.5 cm³/mol. The predicted octanol–water partition coefficient (Wildman–Crippen LogP) is 3.13. The number of aliphatic hydroxyl groups is 1. The summed E-state index contributed by atoms with van der Waals surface area (Å²) in [4.78, 5) is 0. The minimum Gasteiger partial charge on any atom is -0.392 e. The Hall–Kier alpha value is -0.460. The van der Waals surface area contributed by atoms with E-state index in [0.717, 1.165) is 6.92 Å². The molecule has 1 fully saturated rings. The van der Waals surface area contributed by atoms with Crippen LogP contribution >= 0.6 is 0 Å². The van der Waals surface area contributed by atoms with Gasteiger partial charge in [0.2, 0.25) is 0 Å². The Morgan fingerprint density at radius 3 is 1.62 bits per heavy atom. The van der Waals surface area contributed by atoms with E-state index in [1.807, 2.05) is 0 Å². The first kappa shape index (κ1) is 13.6. The van der Waals surface area contributed by atoms with E-state index < -0.39 is 36.2 Å². The van der Waals surface area contributed by atoms with Crippen molar-refractivity contribution in [3.05, 3.63) is 0 Å². The molecule has 7 heteroatoms. The summed E-state index contributed by atoms with van der Waals surface area (Å²) >= 11 is 0. The first-order chi connectivity index (χ1) is 7.05. The molecular formula is C9H12F6O. The highest BCUT2D eigenvalue weighted by Crippen LogP contribution is 2.50. The molecule has 1 aliphatic carbocycles. The molecule has 0 saturated heterocycles. The van der Waals surface area contributed by atoms with Gasteiger partial charge in [-0.15, -0.1) is 0 Å². The quantitative estimate of drug-likeness (QED) is 0.655. The molecule has 0 heterocycles. The molecule has 0 amide bonds. The molecule has 16 heavy (non-hydrogen) atoms. The molecule has 0 aromatic rings. The summed E-state index contributed by atoms with van der Waals surface area (Å²) in [7, 11) is 0. The average Bonchev–Trinajstić information content (AvgIpc) is 2.04. The molecule has 1 aliphatic rings. The normalized spacial score (nSPS) is 37.5. The third kappa shape index (κ3) is 2.61. The number of aliphatic hydroxyl groups excluding tert-OH is 1. The lowest BCUT2D eigenvalue weighted by Crippen LogP contribution is -2.51. The van der Waals surface area contributed by atoms with Gasteiger partial charge in [-0.1, -0.05) is 6.92 Å². The van der Waals surface area contributed by atoms with Gasteiger partial charge in [-0.3, -0.25) is 0 Å². The molecule has 4 unspecified atom stereocenters. The minimum absolute atomic E-state index is 0.0437. The van der Waals surface area contributed by atoms with E-state index in [-0.39, 0.29) is 12.8 Å². The molecule has 0 aromatic carbocycles. The van der Waals surface area contributed by atoms with E-state index in [0.29, 0.717) is 0 Å². The molecule has 4 atom stereocenters. The molecule has 0 aliphatic heterocycles. The van der Waals surface area contributed by atoms with Crippen molar-refractivity contribution in [1.29, 1.82) is 0 Å². The van der Waals surface area contributed by atoms with Crippen molar-refractivity contribution in [2.24, 2.45) is 17.8 Å². The third-order valence-corrected chi connectivity index (χ3v) is 3.09. The third-order valence-electron chi connectivity index (χ3n) is 3.09. The Morgan fingerprint density at radius 2 is 1.31 bits per heavy atom. The van der Waals surface area contributed by atoms with Gasteiger partial charge < -0.3 is 5.11 Å². The Bertz CT molecular complexity index is 219. The maximum atomic E-state index is 12.5. The summed E-state index contributed by atoms with van der Waals surface area (Å²) in [6, 6.07) is 0. The SMILES string of the molecule is CC1CCC(O)C(C(F)(F)F)C1C(F)(F)F. The van der Waals surface area contributed by atoms with Gasteiger partial charge in [-0.25, -0.2) is 0 Å².